The van der Waals surface area contributed by atoms with Gasteiger partial charge in [0.15, 0.2) is 0 Å². The fourth-order valence-corrected chi connectivity index (χ4v) is 3.22. The molecule has 18 heavy (non-hydrogen) atoms. The second kappa shape index (κ2) is 4.56. The van der Waals surface area contributed by atoms with Gasteiger partial charge < -0.3 is 10.5 Å². The number of hydrogen-bond donors (Lipinski definition) is 1. The normalized spacial score (nSPS) is 27.9. The number of piperidine rings is 1. The Hall–Kier alpha value is -1.06. The highest BCUT2D eigenvalue weighted by Gasteiger charge is 2.30. The Kier molecular flexibility index (Phi) is 3.04. The third kappa shape index (κ3) is 2.02. The average Bonchev–Trinajstić information content (AvgIpc) is 2.79. The fourth-order valence-electron chi connectivity index (χ4n) is 3.22. The highest BCUT2D eigenvalue weighted by Crippen LogP contribution is 2.40. The van der Waals surface area contributed by atoms with Crippen LogP contribution in [0.15, 0.2) is 12.1 Å². The molecule has 1 saturated heterocycles. The molecule has 0 amide bonds. The molecule has 0 saturated carbocycles. The van der Waals surface area contributed by atoms with Crippen LogP contribution in [0.1, 0.15) is 35.6 Å². The van der Waals surface area contributed by atoms with Crippen LogP contribution in [0.25, 0.3) is 0 Å². The topological polar surface area (TPSA) is 38.5 Å². The first-order chi connectivity index (χ1) is 8.65. The second-order valence-electron chi connectivity index (χ2n) is 5.72. The summed E-state index contributed by atoms with van der Waals surface area (Å²) in [5.74, 6) is 1.13. The molecule has 0 spiro atoms. The molecule has 2 heterocycles. The van der Waals surface area contributed by atoms with E-state index in [1.165, 1.54) is 16.7 Å². The largest absolute Gasteiger partial charge is 0.493 e. The van der Waals surface area contributed by atoms with Crippen molar-refractivity contribution in [3.8, 4) is 5.75 Å². The van der Waals surface area contributed by atoms with Crippen LogP contribution in [0.3, 0.4) is 0 Å². The van der Waals surface area contributed by atoms with Crippen LogP contribution in [-0.2, 0) is 6.42 Å². The quantitative estimate of drug-likeness (QED) is 0.824. The number of ether oxygens (including phenoxy) is 1. The van der Waals surface area contributed by atoms with Gasteiger partial charge in [-0.15, -0.1) is 0 Å². The number of nitrogens with two attached hydrogens (primary N) is 1. The molecule has 0 radical (unpaired) electrons. The zero-order valence-electron chi connectivity index (χ0n) is 11.3. The molecule has 0 aliphatic carbocycles. The molecule has 1 fully saturated rings. The number of hydrogen-bond acceptors (Lipinski definition) is 3. The summed E-state index contributed by atoms with van der Waals surface area (Å²) in [7, 11) is 2.19. The molecular formula is C15H22N2O. The second-order valence-corrected chi connectivity index (χ2v) is 5.72. The molecule has 2 unspecified atom stereocenters. The lowest BCUT2D eigenvalue weighted by Gasteiger charge is -2.36. The Balaban J connectivity index is 2.00. The van der Waals surface area contributed by atoms with Crippen LogP contribution >= 0.6 is 0 Å². The molecule has 1 aromatic carbocycles. The van der Waals surface area contributed by atoms with E-state index in [9.17, 15) is 0 Å². The minimum absolute atomic E-state index is 0.323. The first-order valence-corrected chi connectivity index (χ1v) is 6.87. The zero-order valence-corrected chi connectivity index (χ0v) is 11.3. The van der Waals surface area contributed by atoms with Crippen molar-refractivity contribution in [2.45, 2.75) is 38.3 Å². The Bertz CT molecular complexity index is 458. The molecule has 3 heteroatoms. The molecular weight excluding hydrogens is 224 g/mol. The Morgan fingerprint density at radius 2 is 2.22 bits per heavy atom. The lowest BCUT2D eigenvalue weighted by atomic mass is 9.90. The highest BCUT2D eigenvalue weighted by molar-refractivity contribution is 5.48. The van der Waals surface area contributed by atoms with Crippen molar-refractivity contribution in [1.82, 2.24) is 4.90 Å². The Morgan fingerprint density at radius 3 is 3.06 bits per heavy atom. The van der Waals surface area contributed by atoms with Crippen molar-refractivity contribution in [3.63, 3.8) is 0 Å². The maximum Gasteiger partial charge on any atom is 0.127 e. The van der Waals surface area contributed by atoms with Crippen LogP contribution < -0.4 is 10.5 Å². The summed E-state index contributed by atoms with van der Waals surface area (Å²) < 4.78 is 5.85. The number of likely N-dealkylation sites (tertiary alicyclic amines) is 1. The van der Waals surface area contributed by atoms with Crippen molar-refractivity contribution in [2.24, 2.45) is 5.73 Å². The van der Waals surface area contributed by atoms with E-state index in [-0.39, 0.29) is 0 Å². The lowest BCUT2D eigenvalue weighted by molar-refractivity contribution is 0.168. The summed E-state index contributed by atoms with van der Waals surface area (Å²) in [5, 5.41) is 0. The van der Waals surface area contributed by atoms with E-state index in [1.54, 1.807) is 0 Å². The minimum Gasteiger partial charge on any atom is -0.493 e. The molecule has 2 aliphatic heterocycles. The minimum atomic E-state index is 0.323. The van der Waals surface area contributed by atoms with E-state index in [4.69, 9.17) is 10.5 Å². The number of rotatable bonds is 1. The van der Waals surface area contributed by atoms with E-state index in [2.05, 4.69) is 31.0 Å². The van der Waals surface area contributed by atoms with E-state index in [0.717, 1.165) is 38.2 Å². The van der Waals surface area contributed by atoms with Crippen molar-refractivity contribution in [1.29, 1.82) is 0 Å². The van der Waals surface area contributed by atoms with Gasteiger partial charge in [0, 0.05) is 24.1 Å². The molecule has 0 bridgehead atoms. The van der Waals surface area contributed by atoms with Crippen LogP contribution in [0.5, 0.6) is 5.75 Å². The van der Waals surface area contributed by atoms with Gasteiger partial charge in [0.25, 0.3) is 0 Å². The third-order valence-corrected chi connectivity index (χ3v) is 4.23. The molecule has 2 aliphatic rings. The number of nitrogens with zero attached hydrogens (tertiary/aromatic N) is 1. The molecule has 0 aromatic heterocycles. The van der Waals surface area contributed by atoms with Gasteiger partial charge in [-0.2, -0.15) is 0 Å². The predicted molar refractivity (Wildman–Crippen MR) is 73.0 cm³/mol. The van der Waals surface area contributed by atoms with Crippen LogP contribution in [0.4, 0.5) is 0 Å². The van der Waals surface area contributed by atoms with Crippen molar-refractivity contribution in [3.05, 3.63) is 28.8 Å². The van der Waals surface area contributed by atoms with Gasteiger partial charge >= 0.3 is 0 Å². The summed E-state index contributed by atoms with van der Waals surface area (Å²) in [5.41, 5.74) is 10.2. The molecule has 2 atom stereocenters. The number of aryl methyl sites for hydroxylation is 1. The maximum atomic E-state index is 6.14. The van der Waals surface area contributed by atoms with E-state index in [0.29, 0.717) is 12.1 Å². The monoisotopic (exact) mass is 246 g/mol. The molecule has 3 rings (SSSR count). The van der Waals surface area contributed by atoms with Gasteiger partial charge in [0.2, 0.25) is 0 Å². The number of fused-ring (bicyclic) bond motifs is 1. The van der Waals surface area contributed by atoms with E-state index < -0.39 is 0 Å². The molecule has 3 nitrogen and oxygen atoms in total. The SMILES string of the molecule is Cc1cc2c(c(C3CC(N)CCN3C)c1)OCC2. The van der Waals surface area contributed by atoms with Crippen LogP contribution in [0, 0.1) is 6.92 Å². The summed E-state index contributed by atoms with van der Waals surface area (Å²) in [6.07, 6.45) is 3.18. The Morgan fingerprint density at radius 1 is 1.39 bits per heavy atom. The highest BCUT2D eigenvalue weighted by atomic mass is 16.5. The predicted octanol–water partition coefficient (Wildman–Crippen LogP) is 2.02. The van der Waals surface area contributed by atoms with Crippen LogP contribution in [-0.4, -0.2) is 31.1 Å². The van der Waals surface area contributed by atoms with Crippen LogP contribution in [0.2, 0.25) is 0 Å². The lowest BCUT2D eigenvalue weighted by Crippen LogP contribution is -2.40. The van der Waals surface area contributed by atoms with Gasteiger partial charge in [-0.1, -0.05) is 17.7 Å². The summed E-state index contributed by atoms with van der Waals surface area (Å²) >= 11 is 0. The van der Waals surface area contributed by atoms with E-state index in [1.807, 2.05) is 0 Å². The molecule has 1 aromatic rings. The zero-order chi connectivity index (χ0) is 12.7. The van der Waals surface area contributed by atoms with Crippen molar-refractivity contribution in [2.75, 3.05) is 20.2 Å². The van der Waals surface area contributed by atoms with Gasteiger partial charge in [0.1, 0.15) is 5.75 Å². The standard InChI is InChI=1S/C15H22N2O/c1-10-7-11-4-6-18-15(11)13(8-10)14-9-12(16)3-5-17(14)2/h7-8,12,14H,3-6,9,16H2,1-2H3. The first kappa shape index (κ1) is 12.0. The molecule has 98 valence electrons. The van der Waals surface area contributed by atoms with Gasteiger partial charge in [-0.25, -0.2) is 0 Å². The summed E-state index contributed by atoms with van der Waals surface area (Å²) in [6, 6.07) is 5.28. The van der Waals surface area contributed by atoms with Gasteiger partial charge in [0.05, 0.1) is 6.61 Å². The van der Waals surface area contributed by atoms with Gasteiger partial charge in [-0.05, 0) is 38.9 Å². The first-order valence-electron chi connectivity index (χ1n) is 6.87. The molecule has 2 N–H and O–H groups in total. The fraction of sp³-hybridized carbons (Fsp3) is 0.600. The smallest absolute Gasteiger partial charge is 0.127 e. The summed E-state index contributed by atoms with van der Waals surface area (Å²) in [6.45, 7) is 4.08. The third-order valence-electron chi connectivity index (χ3n) is 4.23. The van der Waals surface area contributed by atoms with Crippen molar-refractivity contribution >= 4 is 0 Å². The van der Waals surface area contributed by atoms with Crippen molar-refractivity contribution < 1.29 is 4.74 Å². The Labute approximate surface area is 109 Å². The maximum absolute atomic E-state index is 6.14. The number of benzene rings is 1. The average molecular weight is 246 g/mol. The van der Waals surface area contributed by atoms with Gasteiger partial charge in [-0.3, -0.25) is 4.90 Å². The van der Waals surface area contributed by atoms with E-state index >= 15 is 0 Å². The summed E-state index contributed by atoms with van der Waals surface area (Å²) in [4.78, 5) is 2.42.